The van der Waals surface area contributed by atoms with Crippen LogP contribution in [0.5, 0.6) is 0 Å². The van der Waals surface area contributed by atoms with Crippen LogP contribution in [0.25, 0.3) is 0 Å². The Balaban J connectivity index is 0.000000159. The van der Waals surface area contributed by atoms with E-state index in [4.69, 9.17) is 9.54 Å². The second kappa shape index (κ2) is 9.28. The fourth-order valence-electron chi connectivity index (χ4n) is 9.97. The zero-order chi connectivity index (χ0) is 28.0. The lowest BCUT2D eigenvalue weighted by atomic mass is 9.49. The van der Waals surface area contributed by atoms with E-state index >= 15 is 0 Å². The topological polar surface area (TPSA) is 105 Å². The van der Waals surface area contributed by atoms with Gasteiger partial charge in [-0.05, 0) is 112 Å². The lowest BCUT2D eigenvalue weighted by Gasteiger charge is -2.59. The molecule has 1 N–H and O–H groups in total. The van der Waals surface area contributed by atoms with Crippen molar-refractivity contribution in [2.75, 3.05) is 16.4 Å². The van der Waals surface area contributed by atoms with Crippen molar-refractivity contribution in [1.82, 2.24) is 4.98 Å². The van der Waals surface area contributed by atoms with Gasteiger partial charge in [-0.3, -0.25) is 19.0 Å². The quantitative estimate of drug-likeness (QED) is 0.468. The molecule has 1 aromatic heterocycles. The number of hydrogen-bond acceptors (Lipinski definition) is 6. The molecule has 0 spiro atoms. The van der Waals surface area contributed by atoms with Crippen LogP contribution < -0.4 is 4.90 Å². The number of ketones is 1. The Morgan fingerprint density at radius 2 is 1.67 bits per heavy atom. The van der Waals surface area contributed by atoms with E-state index in [9.17, 15) is 18.0 Å². The Morgan fingerprint density at radius 3 is 2.15 bits per heavy atom. The largest absolute Gasteiger partial charge is 0.299 e. The summed E-state index contributed by atoms with van der Waals surface area (Å²) >= 11 is 1.89. The number of carbonyl (C=O) groups excluding carboxylic acids is 2. The summed E-state index contributed by atoms with van der Waals surface area (Å²) in [6.07, 6.45) is 10.3. The van der Waals surface area contributed by atoms with Crippen LogP contribution in [0.3, 0.4) is 0 Å². The van der Waals surface area contributed by atoms with Gasteiger partial charge in [-0.1, -0.05) is 13.8 Å². The molecule has 1 aromatic rings. The Kier molecular flexibility index (Phi) is 6.59. The molecule has 2 heterocycles. The molecule has 9 heteroatoms. The molecule has 0 radical (unpaired) electrons. The van der Waals surface area contributed by atoms with E-state index in [0.717, 1.165) is 35.7 Å². The molecular formula is C30H42N2O5S2. The van der Waals surface area contributed by atoms with Gasteiger partial charge in [0.15, 0.2) is 0 Å². The van der Waals surface area contributed by atoms with Crippen LogP contribution in [0, 0.1) is 53.8 Å². The van der Waals surface area contributed by atoms with E-state index in [1.807, 2.05) is 32.5 Å². The number of hydrogen-bond donors (Lipinski definition) is 1. The maximum absolute atomic E-state index is 12.8. The van der Waals surface area contributed by atoms with E-state index in [1.165, 1.54) is 44.1 Å². The predicted molar refractivity (Wildman–Crippen MR) is 153 cm³/mol. The number of fused-ring (bicyclic) bond motifs is 2. The standard InChI is InChI=1S/C20H26N2OS.C10H16O4S/c1-12-3-13(2)21-17(4-12)22-18(23)11-24-19(22)20-8-14-5-15(9-20)7-16(6-14)10-20;1-9(2)7-3-4-10(9,8(11)5-7)6-15(12,13)14/h3-4,14-16,19H,5-11H2,1-2H3;7H,3-6H2,1-2H3,(H,12,13,14)/t14?,15?,16?,19-,20?;7-,10-/m01/s1. The Morgan fingerprint density at radius 1 is 1.05 bits per heavy atom. The first-order valence-electron chi connectivity index (χ1n) is 14.6. The number of Topliss-reactive ketones (excluding diaryl/α,β-unsaturated/α-hetero) is 1. The molecule has 7 fully saturated rings. The number of carbonyl (C=O) groups is 2. The van der Waals surface area contributed by atoms with Gasteiger partial charge in [0.2, 0.25) is 5.91 Å². The predicted octanol–water partition coefficient (Wildman–Crippen LogP) is 5.59. The van der Waals surface area contributed by atoms with Crippen molar-refractivity contribution >= 4 is 39.4 Å². The highest BCUT2D eigenvalue weighted by atomic mass is 32.2. The van der Waals surface area contributed by atoms with Crippen LogP contribution in [0.1, 0.15) is 82.9 Å². The lowest BCUT2D eigenvalue weighted by molar-refractivity contribution is -0.128. The number of thioether (sulfide) groups is 1. The van der Waals surface area contributed by atoms with E-state index in [0.29, 0.717) is 29.4 Å². The van der Waals surface area contributed by atoms with Crippen molar-refractivity contribution in [2.45, 2.75) is 90.9 Å². The summed E-state index contributed by atoms with van der Waals surface area (Å²) in [5.74, 6) is 4.43. The molecule has 1 amide bonds. The Hall–Kier alpha value is -1.45. The third kappa shape index (κ3) is 4.58. The second-order valence-electron chi connectivity index (χ2n) is 14.2. The van der Waals surface area contributed by atoms with Crippen molar-refractivity contribution in [3.8, 4) is 0 Å². The van der Waals surface area contributed by atoms with E-state index in [1.54, 1.807) is 0 Å². The first-order valence-corrected chi connectivity index (χ1v) is 17.2. The maximum atomic E-state index is 12.8. The molecule has 1 saturated heterocycles. The van der Waals surface area contributed by atoms with Crippen LogP contribution >= 0.6 is 11.8 Å². The number of nitrogens with zero attached hydrogens (tertiary/aromatic N) is 2. The molecular weight excluding hydrogens is 532 g/mol. The maximum Gasteiger partial charge on any atom is 0.265 e. The van der Waals surface area contributed by atoms with E-state index < -0.39 is 21.3 Å². The second-order valence-corrected chi connectivity index (χ2v) is 16.8. The first-order chi connectivity index (χ1) is 18.2. The van der Waals surface area contributed by atoms with Gasteiger partial charge in [-0.2, -0.15) is 8.42 Å². The molecule has 7 aliphatic rings. The number of pyridine rings is 1. The third-order valence-electron chi connectivity index (χ3n) is 11.4. The molecule has 0 aromatic carbocycles. The van der Waals surface area contributed by atoms with Crippen molar-refractivity contribution in [3.63, 3.8) is 0 Å². The van der Waals surface area contributed by atoms with E-state index in [-0.39, 0.29) is 23.0 Å². The smallest absolute Gasteiger partial charge is 0.265 e. The summed E-state index contributed by atoms with van der Waals surface area (Å²) in [6.45, 7) is 8.02. The summed E-state index contributed by atoms with van der Waals surface area (Å²) in [7, 11) is -4.08. The average Bonchev–Trinajstić information content (AvgIpc) is 3.36. The van der Waals surface area contributed by atoms with Gasteiger partial charge in [0.1, 0.15) is 11.6 Å². The summed E-state index contributed by atoms with van der Waals surface area (Å²) in [5, 5.41) is 0.312. The van der Waals surface area contributed by atoms with Crippen molar-refractivity contribution in [1.29, 1.82) is 0 Å². The number of aromatic nitrogens is 1. The third-order valence-corrected chi connectivity index (χ3v) is 13.7. The van der Waals surface area contributed by atoms with Crippen LogP contribution in [-0.4, -0.2) is 46.5 Å². The molecule has 214 valence electrons. The van der Waals surface area contributed by atoms with Crippen LogP contribution in [0.2, 0.25) is 0 Å². The van der Waals surface area contributed by atoms with Crippen molar-refractivity contribution < 1.29 is 22.6 Å². The lowest BCUT2D eigenvalue weighted by Crippen LogP contribution is -2.55. The van der Waals surface area contributed by atoms with Crippen molar-refractivity contribution in [2.24, 2.45) is 39.9 Å². The number of aryl methyl sites for hydroxylation is 2. The van der Waals surface area contributed by atoms with Crippen LogP contribution in [-0.2, 0) is 19.7 Å². The molecule has 8 rings (SSSR count). The Bertz CT molecular complexity index is 1250. The minimum absolute atomic E-state index is 0.0152. The number of amides is 1. The molecule has 1 aliphatic heterocycles. The van der Waals surface area contributed by atoms with Gasteiger partial charge >= 0.3 is 0 Å². The van der Waals surface area contributed by atoms with Crippen molar-refractivity contribution in [3.05, 3.63) is 23.4 Å². The van der Waals surface area contributed by atoms with Gasteiger partial charge in [0, 0.05) is 17.5 Å². The van der Waals surface area contributed by atoms with Crippen LogP contribution in [0.4, 0.5) is 5.82 Å². The summed E-state index contributed by atoms with van der Waals surface area (Å²) < 4.78 is 31.0. The SMILES string of the molecule is CC1(C)[C@@H]2CC[C@@]1(CS(=O)(=O)O)C(=O)C2.Cc1cc(C)nc(N2C(=O)CS[C@H]2C23CC4CC(CC(C4)C2)C3)c1. The molecule has 7 nitrogen and oxygen atoms in total. The Labute approximate surface area is 237 Å². The summed E-state index contributed by atoms with van der Waals surface area (Å²) in [4.78, 5) is 31.5. The minimum atomic E-state index is -4.08. The molecule has 6 aliphatic carbocycles. The molecule has 3 atom stereocenters. The van der Waals surface area contributed by atoms with Gasteiger partial charge in [-0.15, -0.1) is 11.8 Å². The fraction of sp³-hybridized carbons (Fsp3) is 0.767. The molecule has 0 unspecified atom stereocenters. The van der Waals surface area contributed by atoms with E-state index in [2.05, 4.69) is 24.0 Å². The van der Waals surface area contributed by atoms with Gasteiger partial charge < -0.3 is 0 Å². The number of rotatable bonds is 4. The fourth-order valence-corrected chi connectivity index (χ4v) is 12.7. The average molecular weight is 575 g/mol. The minimum Gasteiger partial charge on any atom is -0.299 e. The van der Waals surface area contributed by atoms with Gasteiger partial charge in [0.05, 0.1) is 22.3 Å². The van der Waals surface area contributed by atoms with Gasteiger partial charge in [-0.25, -0.2) is 4.98 Å². The first kappa shape index (κ1) is 27.7. The highest BCUT2D eigenvalue weighted by Gasteiger charge is 2.65. The molecule has 6 saturated carbocycles. The normalized spacial score (nSPS) is 39.8. The highest BCUT2D eigenvalue weighted by molar-refractivity contribution is 8.01. The highest BCUT2D eigenvalue weighted by Crippen LogP contribution is 2.65. The monoisotopic (exact) mass is 574 g/mol. The zero-order valence-corrected chi connectivity index (χ0v) is 25.2. The van der Waals surface area contributed by atoms with Crippen LogP contribution in [0.15, 0.2) is 12.1 Å². The summed E-state index contributed by atoms with van der Waals surface area (Å²) in [6, 6.07) is 4.20. The molecule has 6 bridgehead atoms. The van der Waals surface area contributed by atoms with Gasteiger partial charge in [0.25, 0.3) is 10.1 Å². The zero-order valence-electron chi connectivity index (χ0n) is 23.6. The molecule has 39 heavy (non-hydrogen) atoms. The summed E-state index contributed by atoms with van der Waals surface area (Å²) in [5.41, 5.74) is 1.45. The number of anilines is 1.